The minimum absolute atomic E-state index is 0.187. The van der Waals surface area contributed by atoms with Crippen LogP contribution in [0.1, 0.15) is 80.1 Å². The summed E-state index contributed by atoms with van der Waals surface area (Å²) in [6.07, 6.45) is 20.5. The van der Waals surface area contributed by atoms with Gasteiger partial charge >= 0.3 is 5.97 Å². The van der Waals surface area contributed by atoms with Gasteiger partial charge in [0.25, 0.3) is 0 Å². The van der Waals surface area contributed by atoms with E-state index in [1.807, 2.05) is 30.4 Å². The van der Waals surface area contributed by atoms with Crippen LogP contribution in [0.4, 0.5) is 0 Å². The number of carbonyl (C=O) groups is 1. The number of esters is 1. The number of allylic oxidation sites excluding steroid dienone is 7. The molecule has 2 aliphatic rings. The second kappa shape index (κ2) is 13.0. The van der Waals surface area contributed by atoms with Crippen LogP contribution in [0, 0.1) is 11.3 Å². The third-order valence-corrected chi connectivity index (χ3v) is 7.37. The summed E-state index contributed by atoms with van der Waals surface area (Å²) in [4.78, 5) is 19.6. The van der Waals surface area contributed by atoms with E-state index in [-0.39, 0.29) is 11.6 Å². The van der Waals surface area contributed by atoms with Crippen molar-refractivity contribution in [3.63, 3.8) is 0 Å². The Morgan fingerprint density at radius 3 is 2.49 bits per heavy atom. The lowest BCUT2D eigenvalue weighted by Gasteiger charge is -2.47. The first-order chi connectivity index (χ1) is 16.5. The molecule has 0 bridgehead atoms. The first kappa shape index (κ1) is 28.8. The molecule has 0 aromatic heterocycles. The fraction of sp³-hybridized carbons (Fsp3) is 0.581. The minimum Gasteiger partial charge on any atom is -0.466 e. The normalized spacial score (nSPS) is 24.0. The van der Waals surface area contributed by atoms with Gasteiger partial charge in [-0.25, -0.2) is 4.79 Å². The van der Waals surface area contributed by atoms with Gasteiger partial charge in [-0.3, -0.25) is 9.89 Å². The highest BCUT2D eigenvalue weighted by atomic mass is 16.5. The fourth-order valence-corrected chi connectivity index (χ4v) is 4.97. The van der Waals surface area contributed by atoms with E-state index in [0.717, 1.165) is 38.1 Å². The summed E-state index contributed by atoms with van der Waals surface area (Å²) in [6, 6.07) is 0. The largest absolute Gasteiger partial charge is 0.466 e. The third kappa shape index (κ3) is 8.94. The number of hydrogen-bond donors (Lipinski definition) is 0. The van der Waals surface area contributed by atoms with Crippen molar-refractivity contribution in [2.75, 3.05) is 20.7 Å². The highest BCUT2D eigenvalue weighted by Gasteiger charge is 2.41. The summed E-state index contributed by atoms with van der Waals surface area (Å²) in [5.74, 6) is 0.435. The molecule has 35 heavy (non-hydrogen) atoms. The van der Waals surface area contributed by atoms with E-state index in [9.17, 15) is 4.79 Å². The Morgan fingerprint density at radius 2 is 1.86 bits per heavy atom. The molecule has 2 rings (SSSR count). The molecule has 0 aromatic rings. The summed E-state index contributed by atoms with van der Waals surface area (Å²) in [7, 11) is 3.62. The summed E-state index contributed by atoms with van der Waals surface area (Å²) >= 11 is 0. The van der Waals surface area contributed by atoms with E-state index < -0.39 is 0 Å². The molecule has 0 spiro atoms. The highest BCUT2D eigenvalue weighted by Crippen LogP contribution is 2.44. The van der Waals surface area contributed by atoms with Crippen LogP contribution >= 0.6 is 0 Å². The monoisotopic (exact) mass is 478 g/mol. The Morgan fingerprint density at radius 1 is 1.17 bits per heavy atom. The van der Waals surface area contributed by atoms with Crippen molar-refractivity contribution < 1.29 is 9.53 Å². The Kier molecular flexibility index (Phi) is 10.7. The van der Waals surface area contributed by atoms with E-state index in [4.69, 9.17) is 9.73 Å². The van der Waals surface area contributed by atoms with Gasteiger partial charge in [0.15, 0.2) is 0 Å². The zero-order valence-corrected chi connectivity index (χ0v) is 23.3. The number of ether oxygens (including phenoxy) is 1. The average molecular weight is 479 g/mol. The Labute approximate surface area is 213 Å². The molecule has 192 valence electrons. The minimum atomic E-state index is -0.288. The van der Waals surface area contributed by atoms with Crippen LogP contribution in [-0.4, -0.2) is 42.9 Å². The van der Waals surface area contributed by atoms with Crippen LogP contribution in [0.2, 0.25) is 0 Å². The zero-order valence-electron chi connectivity index (χ0n) is 23.3. The molecule has 0 aromatic carbocycles. The molecule has 4 nitrogen and oxygen atoms in total. The van der Waals surface area contributed by atoms with Crippen molar-refractivity contribution >= 4 is 11.7 Å². The van der Waals surface area contributed by atoms with E-state index >= 15 is 0 Å². The molecule has 0 aliphatic heterocycles. The topological polar surface area (TPSA) is 41.9 Å². The molecule has 0 N–H and O–H groups in total. The molecule has 0 amide bonds. The van der Waals surface area contributed by atoms with E-state index in [2.05, 4.69) is 64.4 Å². The van der Waals surface area contributed by atoms with Gasteiger partial charge in [-0.1, -0.05) is 62.8 Å². The second-order valence-electron chi connectivity index (χ2n) is 11.3. The lowest BCUT2D eigenvalue weighted by molar-refractivity contribution is -0.136. The van der Waals surface area contributed by atoms with Crippen molar-refractivity contribution in [3.05, 3.63) is 65.0 Å². The molecule has 0 saturated heterocycles. The quantitative estimate of drug-likeness (QED) is 0.114. The fourth-order valence-electron chi connectivity index (χ4n) is 4.97. The number of aliphatic imine (C=N–C) groups is 1. The van der Waals surface area contributed by atoms with Gasteiger partial charge in [-0.05, 0) is 89.3 Å². The molecule has 0 heterocycles. The van der Waals surface area contributed by atoms with E-state index in [0.29, 0.717) is 11.0 Å². The maximum absolute atomic E-state index is 11.7. The number of likely N-dealkylation sites (N-methyl/N-ethyl adjacent to an activating group) is 1. The predicted molar refractivity (Wildman–Crippen MR) is 149 cm³/mol. The Hall–Kier alpha value is -2.42. The number of carbonyl (C=O) groups excluding carboxylic acids is 1. The molecule has 1 saturated carbocycles. The summed E-state index contributed by atoms with van der Waals surface area (Å²) in [6.45, 7) is 14.0. The van der Waals surface area contributed by atoms with Crippen molar-refractivity contribution in [1.82, 2.24) is 4.90 Å². The van der Waals surface area contributed by atoms with Crippen molar-refractivity contribution in [1.29, 1.82) is 0 Å². The molecule has 1 fully saturated rings. The number of methoxy groups -OCH3 is 1. The molecule has 0 unspecified atom stereocenters. The van der Waals surface area contributed by atoms with Gasteiger partial charge in [-0.2, -0.15) is 0 Å². The maximum atomic E-state index is 11.7. The van der Waals surface area contributed by atoms with Crippen molar-refractivity contribution in [2.45, 2.75) is 85.7 Å². The maximum Gasteiger partial charge on any atom is 0.333 e. The summed E-state index contributed by atoms with van der Waals surface area (Å²) < 4.78 is 4.81. The lowest BCUT2D eigenvalue weighted by atomic mass is 9.69. The summed E-state index contributed by atoms with van der Waals surface area (Å²) in [5.41, 5.74) is 7.73. The third-order valence-electron chi connectivity index (χ3n) is 7.37. The van der Waals surface area contributed by atoms with Crippen LogP contribution in [0.3, 0.4) is 0 Å². The lowest BCUT2D eigenvalue weighted by Crippen LogP contribution is -2.49. The first-order valence-corrected chi connectivity index (χ1v) is 12.9. The predicted octanol–water partition coefficient (Wildman–Crippen LogP) is 7.37. The first-order valence-electron chi connectivity index (χ1n) is 12.9. The van der Waals surface area contributed by atoms with Crippen LogP contribution in [0.25, 0.3) is 0 Å². The number of nitrogens with zero attached hydrogens (tertiary/aromatic N) is 2. The molecule has 0 radical (unpaired) electrons. The molecule has 4 heteroatoms. The second-order valence-corrected chi connectivity index (χ2v) is 11.3. The van der Waals surface area contributed by atoms with Crippen LogP contribution in [0.15, 0.2) is 70.0 Å². The highest BCUT2D eigenvalue weighted by molar-refractivity contribution is 5.88. The molecular weight excluding hydrogens is 432 g/mol. The Bertz CT molecular complexity index is 954. The van der Waals surface area contributed by atoms with E-state index in [1.54, 1.807) is 6.92 Å². The molecule has 2 aliphatic carbocycles. The van der Waals surface area contributed by atoms with Gasteiger partial charge in [0, 0.05) is 17.8 Å². The Balaban J connectivity index is 2.21. The van der Waals surface area contributed by atoms with Crippen molar-refractivity contribution in [2.24, 2.45) is 16.3 Å². The molecule has 0 atom stereocenters. The van der Waals surface area contributed by atoms with Crippen molar-refractivity contribution in [3.8, 4) is 0 Å². The van der Waals surface area contributed by atoms with Gasteiger partial charge in [0.2, 0.25) is 0 Å². The average Bonchev–Trinajstić information content (AvgIpc) is 3.09. The van der Waals surface area contributed by atoms with Gasteiger partial charge in [0.05, 0.1) is 7.11 Å². The SMILES string of the molecule is COC(=O)/C(C)=C/C=C(\C)CN(C)C1(/N=C(\C)CCC2=C=CC=CC=C2)CCC(C(C)(C)C)CC1. The summed E-state index contributed by atoms with van der Waals surface area (Å²) in [5, 5.41) is 0. The van der Waals surface area contributed by atoms with Gasteiger partial charge in [0.1, 0.15) is 5.66 Å². The standard InChI is InChI=1S/C31H46N2O2/c1-24(15-16-25(2)29(34)35-8)23-33(7)31(21-19-28(20-22-31)30(4,5)6)32-26(3)17-18-27-13-11-9-10-12-14-27/h9-13,15-16,28H,17-23H2,1-8H3/b24-15+,25-16+,32-26+. The van der Waals surface area contributed by atoms with Crippen LogP contribution < -0.4 is 0 Å². The number of rotatable bonds is 9. The van der Waals surface area contributed by atoms with Gasteiger partial charge < -0.3 is 4.74 Å². The smallest absolute Gasteiger partial charge is 0.333 e. The van der Waals surface area contributed by atoms with Crippen LogP contribution in [-0.2, 0) is 9.53 Å². The van der Waals surface area contributed by atoms with Crippen LogP contribution in [0.5, 0.6) is 0 Å². The zero-order chi connectivity index (χ0) is 26.1. The van der Waals surface area contributed by atoms with E-state index in [1.165, 1.54) is 36.8 Å². The molecular formula is C31H46N2O2. The number of hydrogen-bond acceptors (Lipinski definition) is 4. The van der Waals surface area contributed by atoms with Gasteiger partial charge in [-0.15, -0.1) is 5.73 Å².